The van der Waals surface area contributed by atoms with Crippen molar-refractivity contribution in [3.05, 3.63) is 60.2 Å². The maximum absolute atomic E-state index is 5.60. The fourth-order valence-electron chi connectivity index (χ4n) is 2.08. The van der Waals surface area contributed by atoms with Crippen LogP contribution in [-0.4, -0.2) is 11.5 Å². The molecule has 19 heavy (non-hydrogen) atoms. The predicted molar refractivity (Wildman–Crippen MR) is 77.3 cm³/mol. The molecule has 0 saturated heterocycles. The molecule has 3 heteroatoms. The normalized spacial score (nSPS) is 10.7. The minimum Gasteiger partial charge on any atom is -0.424 e. The van der Waals surface area contributed by atoms with Gasteiger partial charge in [0.05, 0.1) is 0 Å². The van der Waals surface area contributed by atoms with Crippen molar-refractivity contribution in [3.8, 4) is 0 Å². The molecule has 0 fully saturated rings. The lowest BCUT2D eigenvalue weighted by molar-refractivity contribution is 0.612. The van der Waals surface area contributed by atoms with Crippen LogP contribution in [0, 0.1) is 0 Å². The molecule has 0 spiro atoms. The second-order valence-electron chi connectivity index (χ2n) is 4.50. The predicted octanol–water partition coefficient (Wildman–Crippen LogP) is 3.87. The summed E-state index contributed by atoms with van der Waals surface area (Å²) in [6.45, 7) is 0.863. The summed E-state index contributed by atoms with van der Waals surface area (Å²) in [7, 11) is 0. The molecular weight excluding hydrogens is 236 g/mol. The number of nitrogens with zero attached hydrogens (tertiary/aromatic N) is 1. The lowest BCUT2D eigenvalue weighted by Gasteiger charge is -2.02. The smallest absolute Gasteiger partial charge is 0.295 e. The first kappa shape index (κ1) is 11.8. The molecule has 1 heterocycles. The summed E-state index contributed by atoms with van der Waals surface area (Å²) >= 11 is 0. The van der Waals surface area contributed by atoms with E-state index in [4.69, 9.17) is 4.42 Å². The Hall–Kier alpha value is -2.29. The van der Waals surface area contributed by atoms with Crippen molar-refractivity contribution >= 4 is 17.1 Å². The quantitative estimate of drug-likeness (QED) is 0.700. The number of hydrogen-bond donors (Lipinski definition) is 1. The molecule has 0 unspecified atom stereocenters. The van der Waals surface area contributed by atoms with E-state index in [9.17, 15) is 0 Å². The van der Waals surface area contributed by atoms with Gasteiger partial charge in [-0.05, 0) is 30.5 Å². The first-order valence-corrected chi connectivity index (χ1v) is 6.55. The maximum Gasteiger partial charge on any atom is 0.295 e. The third kappa shape index (κ3) is 2.94. The van der Waals surface area contributed by atoms with Crippen molar-refractivity contribution in [2.24, 2.45) is 0 Å². The Labute approximate surface area is 112 Å². The van der Waals surface area contributed by atoms with Gasteiger partial charge in [0.1, 0.15) is 5.52 Å². The topological polar surface area (TPSA) is 38.1 Å². The summed E-state index contributed by atoms with van der Waals surface area (Å²) < 4.78 is 5.60. The van der Waals surface area contributed by atoms with E-state index in [1.54, 1.807) is 0 Å². The highest BCUT2D eigenvalue weighted by atomic mass is 16.4. The van der Waals surface area contributed by atoms with Crippen LogP contribution in [0.4, 0.5) is 6.01 Å². The van der Waals surface area contributed by atoms with Crippen LogP contribution in [0.25, 0.3) is 11.1 Å². The van der Waals surface area contributed by atoms with E-state index in [0.29, 0.717) is 6.01 Å². The Balaban J connectivity index is 1.52. The fraction of sp³-hybridized carbons (Fsp3) is 0.188. The van der Waals surface area contributed by atoms with Crippen molar-refractivity contribution < 1.29 is 4.42 Å². The minimum absolute atomic E-state index is 0.606. The Bertz CT molecular complexity index is 613. The number of anilines is 1. The van der Waals surface area contributed by atoms with Crippen LogP contribution < -0.4 is 5.32 Å². The van der Waals surface area contributed by atoms with Gasteiger partial charge in [-0.2, -0.15) is 4.98 Å². The van der Waals surface area contributed by atoms with Gasteiger partial charge in [-0.15, -0.1) is 0 Å². The molecule has 0 radical (unpaired) electrons. The zero-order valence-electron chi connectivity index (χ0n) is 10.7. The Morgan fingerprint density at radius 3 is 2.58 bits per heavy atom. The van der Waals surface area contributed by atoms with E-state index < -0.39 is 0 Å². The molecule has 0 bridgehead atoms. The summed E-state index contributed by atoms with van der Waals surface area (Å²) in [6.07, 6.45) is 2.12. The number of benzene rings is 2. The summed E-state index contributed by atoms with van der Waals surface area (Å²) in [5.41, 5.74) is 3.09. The Kier molecular flexibility index (Phi) is 3.45. The molecule has 0 amide bonds. The monoisotopic (exact) mass is 252 g/mol. The van der Waals surface area contributed by atoms with Crippen LogP contribution in [0.1, 0.15) is 12.0 Å². The summed E-state index contributed by atoms with van der Waals surface area (Å²) in [6, 6.07) is 18.9. The average molecular weight is 252 g/mol. The van der Waals surface area contributed by atoms with Gasteiger partial charge in [0.25, 0.3) is 6.01 Å². The molecule has 0 saturated carbocycles. The third-order valence-electron chi connectivity index (χ3n) is 3.06. The minimum atomic E-state index is 0.606. The van der Waals surface area contributed by atoms with Gasteiger partial charge < -0.3 is 9.73 Å². The van der Waals surface area contributed by atoms with Crippen molar-refractivity contribution in [3.63, 3.8) is 0 Å². The van der Waals surface area contributed by atoms with Crippen LogP contribution in [0.15, 0.2) is 59.0 Å². The van der Waals surface area contributed by atoms with Crippen molar-refractivity contribution in [1.82, 2.24) is 4.98 Å². The lowest BCUT2D eigenvalue weighted by atomic mass is 10.1. The fourth-order valence-corrected chi connectivity index (χ4v) is 2.08. The number of aromatic nitrogens is 1. The second kappa shape index (κ2) is 5.57. The van der Waals surface area contributed by atoms with Gasteiger partial charge >= 0.3 is 0 Å². The number of para-hydroxylation sites is 2. The van der Waals surface area contributed by atoms with Gasteiger partial charge in [0, 0.05) is 6.54 Å². The van der Waals surface area contributed by atoms with E-state index in [0.717, 1.165) is 30.5 Å². The molecule has 0 atom stereocenters. The van der Waals surface area contributed by atoms with Gasteiger partial charge in [-0.25, -0.2) is 0 Å². The Morgan fingerprint density at radius 2 is 1.74 bits per heavy atom. The maximum atomic E-state index is 5.60. The van der Waals surface area contributed by atoms with Gasteiger partial charge in [0.15, 0.2) is 5.58 Å². The number of rotatable bonds is 5. The number of fused-ring (bicyclic) bond motifs is 1. The summed E-state index contributed by atoms with van der Waals surface area (Å²) in [4.78, 5) is 4.38. The average Bonchev–Trinajstić information content (AvgIpc) is 2.87. The molecule has 3 nitrogen and oxygen atoms in total. The van der Waals surface area contributed by atoms with E-state index >= 15 is 0 Å². The molecule has 0 aliphatic heterocycles. The molecular formula is C16H16N2O. The largest absolute Gasteiger partial charge is 0.424 e. The molecule has 3 aromatic rings. The van der Waals surface area contributed by atoms with Crippen molar-refractivity contribution in [2.75, 3.05) is 11.9 Å². The van der Waals surface area contributed by atoms with Gasteiger partial charge in [-0.1, -0.05) is 42.5 Å². The van der Waals surface area contributed by atoms with Crippen LogP contribution >= 0.6 is 0 Å². The van der Waals surface area contributed by atoms with E-state index in [1.807, 2.05) is 30.3 Å². The molecule has 1 N–H and O–H groups in total. The lowest BCUT2D eigenvalue weighted by Crippen LogP contribution is -2.02. The van der Waals surface area contributed by atoms with Crippen LogP contribution in [0.3, 0.4) is 0 Å². The SMILES string of the molecule is c1ccc(CCCNc2nc3ccccc3o2)cc1. The molecule has 0 aliphatic rings. The van der Waals surface area contributed by atoms with Crippen molar-refractivity contribution in [1.29, 1.82) is 0 Å². The van der Waals surface area contributed by atoms with E-state index in [1.165, 1.54) is 5.56 Å². The second-order valence-corrected chi connectivity index (χ2v) is 4.50. The van der Waals surface area contributed by atoms with Crippen LogP contribution in [0.2, 0.25) is 0 Å². The first-order valence-electron chi connectivity index (χ1n) is 6.55. The van der Waals surface area contributed by atoms with Gasteiger partial charge in [-0.3, -0.25) is 0 Å². The highest BCUT2D eigenvalue weighted by Gasteiger charge is 2.03. The highest BCUT2D eigenvalue weighted by Crippen LogP contribution is 2.17. The van der Waals surface area contributed by atoms with Crippen LogP contribution in [0.5, 0.6) is 0 Å². The zero-order chi connectivity index (χ0) is 12.9. The van der Waals surface area contributed by atoms with E-state index in [-0.39, 0.29) is 0 Å². The number of aryl methyl sites for hydroxylation is 1. The molecule has 0 aliphatic carbocycles. The van der Waals surface area contributed by atoms with E-state index in [2.05, 4.69) is 34.6 Å². The third-order valence-corrected chi connectivity index (χ3v) is 3.06. The molecule has 96 valence electrons. The number of hydrogen-bond acceptors (Lipinski definition) is 3. The molecule has 2 aromatic carbocycles. The van der Waals surface area contributed by atoms with Gasteiger partial charge in [0.2, 0.25) is 0 Å². The zero-order valence-corrected chi connectivity index (χ0v) is 10.7. The number of oxazole rings is 1. The summed E-state index contributed by atoms with van der Waals surface area (Å²) in [5, 5.41) is 3.23. The van der Waals surface area contributed by atoms with Crippen LogP contribution in [-0.2, 0) is 6.42 Å². The number of nitrogens with one attached hydrogen (secondary N) is 1. The highest BCUT2D eigenvalue weighted by molar-refractivity contribution is 5.74. The Morgan fingerprint density at radius 1 is 0.947 bits per heavy atom. The summed E-state index contributed by atoms with van der Waals surface area (Å²) in [5.74, 6) is 0. The molecule has 1 aromatic heterocycles. The standard InChI is InChI=1S/C16H16N2O/c1-2-7-13(8-3-1)9-6-12-17-16-18-14-10-4-5-11-15(14)19-16/h1-5,7-8,10-11H,6,9,12H2,(H,17,18). The van der Waals surface area contributed by atoms with Crippen molar-refractivity contribution in [2.45, 2.75) is 12.8 Å². The first-order chi connectivity index (χ1) is 9.42. The molecule has 3 rings (SSSR count).